The summed E-state index contributed by atoms with van der Waals surface area (Å²) >= 11 is 1.44. The van der Waals surface area contributed by atoms with Crippen molar-refractivity contribution < 1.29 is 14.3 Å². The molecule has 2 amide bonds. The first-order valence-corrected chi connectivity index (χ1v) is 10.7. The van der Waals surface area contributed by atoms with Crippen LogP contribution in [0.25, 0.3) is 0 Å². The second kappa shape index (κ2) is 10.2. The van der Waals surface area contributed by atoms with Crippen molar-refractivity contribution in [2.75, 3.05) is 23.0 Å². The lowest BCUT2D eigenvalue weighted by Gasteiger charge is -2.09. The molecule has 1 saturated carbocycles. The molecule has 3 rings (SSSR count). The minimum absolute atomic E-state index is 0.0722. The summed E-state index contributed by atoms with van der Waals surface area (Å²) in [5.74, 6) is 1.30. The van der Waals surface area contributed by atoms with Gasteiger partial charge in [-0.2, -0.15) is 0 Å². The maximum absolute atomic E-state index is 12.2. The first-order chi connectivity index (χ1) is 13.6. The average Bonchev–Trinajstić information content (AvgIpc) is 3.54. The van der Waals surface area contributed by atoms with Crippen LogP contribution in [0.3, 0.4) is 0 Å². The third kappa shape index (κ3) is 6.60. The Morgan fingerprint density at radius 3 is 2.57 bits per heavy atom. The van der Waals surface area contributed by atoms with E-state index in [2.05, 4.69) is 17.6 Å². The van der Waals surface area contributed by atoms with Gasteiger partial charge in [-0.15, -0.1) is 11.8 Å². The summed E-state index contributed by atoms with van der Waals surface area (Å²) in [5, 5.41) is 5.82. The third-order valence-corrected chi connectivity index (χ3v) is 5.32. The summed E-state index contributed by atoms with van der Waals surface area (Å²) in [5.41, 5.74) is 1.53. The van der Waals surface area contributed by atoms with E-state index in [1.54, 1.807) is 0 Å². The molecule has 0 heterocycles. The van der Waals surface area contributed by atoms with Gasteiger partial charge in [0.2, 0.25) is 11.8 Å². The number of thioether (sulfide) groups is 1. The highest BCUT2D eigenvalue weighted by Gasteiger charge is 2.29. The summed E-state index contributed by atoms with van der Waals surface area (Å²) in [4.78, 5) is 25.0. The van der Waals surface area contributed by atoms with Crippen molar-refractivity contribution in [2.24, 2.45) is 5.92 Å². The molecule has 5 nitrogen and oxygen atoms in total. The molecule has 0 aromatic heterocycles. The van der Waals surface area contributed by atoms with Crippen molar-refractivity contribution in [1.82, 2.24) is 0 Å². The highest BCUT2D eigenvalue weighted by molar-refractivity contribution is 8.00. The number of amides is 2. The standard InChI is InChI=1S/C22H26N2O3S/c1-2-3-13-27-19-11-9-17(10-12-19)23-21(25)15-28-20-6-4-5-18(14-20)24-22(26)16-7-8-16/h4-6,9-12,14,16H,2-3,7-8,13,15H2,1H3,(H,23,25)(H,24,26). The van der Waals surface area contributed by atoms with Crippen LogP contribution in [-0.4, -0.2) is 24.2 Å². The van der Waals surface area contributed by atoms with Crippen LogP contribution in [-0.2, 0) is 9.59 Å². The van der Waals surface area contributed by atoms with Crippen molar-refractivity contribution in [3.8, 4) is 5.75 Å². The first-order valence-electron chi connectivity index (χ1n) is 9.70. The number of hydrogen-bond acceptors (Lipinski definition) is 4. The number of rotatable bonds is 10. The van der Waals surface area contributed by atoms with Crippen molar-refractivity contribution in [2.45, 2.75) is 37.5 Å². The monoisotopic (exact) mass is 398 g/mol. The maximum atomic E-state index is 12.2. The summed E-state index contributed by atoms with van der Waals surface area (Å²) in [6, 6.07) is 15.0. The Hall–Kier alpha value is -2.47. The summed E-state index contributed by atoms with van der Waals surface area (Å²) in [6.07, 6.45) is 4.08. The molecule has 28 heavy (non-hydrogen) atoms. The topological polar surface area (TPSA) is 67.4 Å². The van der Waals surface area contributed by atoms with Gasteiger partial charge in [-0.3, -0.25) is 9.59 Å². The zero-order valence-electron chi connectivity index (χ0n) is 16.1. The number of anilines is 2. The van der Waals surface area contributed by atoms with Crippen LogP contribution in [0.5, 0.6) is 5.75 Å². The van der Waals surface area contributed by atoms with Crippen molar-refractivity contribution in [1.29, 1.82) is 0 Å². The van der Waals surface area contributed by atoms with E-state index in [-0.39, 0.29) is 17.7 Å². The van der Waals surface area contributed by atoms with Crippen molar-refractivity contribution >= 4 is 35.0 Å². The van der Waals surface area contributed by atoms with Crippen LogP contribution in [0.4, 0.5) is 11.4 Å². The van der Waals surface area contributed by atoms with E-state index in [1.165, 1.54) is 11.8 Å². The number of ether oxygens (including phenoxy) is 1. The van der Waals surface area contributed by atoms with E-state index < -0.39 is 0 Å². The smallest absolute Gasteiger partial charge is 0.234 e. The Morgan fingerprint density at radius 1 is 1.07 bits per heavy atom. The molecule has 0 atom stereocenters. The zero-order chi connectivity index (χ0) is 19.8. The number of hydrogen-bond donors (Lipinski definition) is 2. The molecule has 2 N–H and O–H groups in total. The highest BCUT2D eigenvalue weighted by Crippen LogP contribution is 2.30. The number of carbonyl (C=O) groups excluding carboxylic acids is 2. The minimum Gasteiger partial charge on any atom is -0.494 e. The van der Waals surface area contributed by atoms with E-state index in [0.717, 1.165) is 47.7 Å². The van der Waals surface area contributed by atoms with Gasteiger partial charge >= 0.3 is 0 Å². The van der Waals surface area contributed by atoms with Gasteiger partial charge in [0.1, 0.15) is 5.75 Å². The fraction of sp³-hybridized carbons (Fsp3) is 0.364. The van der Waals surface area contributed by atoms with Crippen LogP contribution in [0.15, 0.2) is 53.4 Å². The van der Waals surface area contributed by atoms with Crippen molar-refractivity contribution in [3.63, 3.8) is 0 Å². The summed E-state index contributed by atoms with van der Waals surface area (Å²) < 4.78 is 5.62. The average molecular weight is 399 g/mol. The van der Waals surface area contributed by atoms with Gasteiger partial charge in [-0.1, -0.05) is 19.4 Å². The van der Waals surface area contributed by atoms with Crippen LogP contribution < -0.4 is 15.4 Å². The molecule has 1 aliphatic rings. The van der Waals surface area contributed by atoms with Gasteiger partial charge in [-0.05, 0) is 61.7 Å². The molecule has 1 fully saturated rings. The SMILES string of the molecule is CCCCOc1ccc(NC(=O)CSc2cccc(NC(=O)C3CC3)c2)cc1. The number of unbranched alkanes of at least 4 members (excludes halogenated alkanes) is 1. The van der Waals surface area contributed by atoms with Gasteiger partial charge in [0.25, 0.3) is 0 Å². The largest absolute Gasteiger partial charge is 0.494 e. The molecular weight excluding hydrogens is 372 g/mol. The van der Waals surface area contributed by atoms with Gasteiger partial charge in [-0.25, -0.2) is 0 Å². The third-order valence-electron chi connectivity index (χ3n) is 4.32. The van der Waals surface area contributed by atoms with E-state index in [1.807, 2.05) is 48.5 Å². The molecule has 0 unspecified atom stereocenters. The van der Waals surface area contributed by atoms with Crippen LogP contribution in [0.1, 0.15) is 32.6 Å². The van der Waals surface area contributed by atoms with E-state index >= 15 is 0 Å². The molecule has 0 aliphatic heterocycles. The molecular formula is C22H26N2O3S. The van der Waals surface area contributed by atoms with Gasteiger partial charge < -0.3 is 15.4 Å². The molecule has 2 aromatic carbocycles. The predicted molar refractivity (Wildman–Crippen MR) is 114 cm³/mol. The summed E-state index contributed by atoms with van der Waals surface area (Å²) in [6.45, 7) is 2.83. The lowest BCUT2D eigenvalue weighted by Crippen LogP contribution is -2.14. The number of carbonyl (C=O) groups is 2. The molecule has 148 valence electrons. The lowest BCUT2D eigenvalue weighted by atomic mass is 10.3. The first kappa shape index (κ1) is 20.3. The zero-order valence-corrected chi connectivity index (χ0v) is 16.9. The Morgan fingerprint density at radius 2 is 1.86 bits per heavy atom. The fourth-order valence-corrected chi connectivity index (χ4v) is 3.32. The van der Waals surface area contributed by atoms with Crippen LogP contribution in [0.2, 0.25) is 0 Å². The molecule has 0 spiro atoms. The second-order valence-electron chi connectivity index (χ2n) is 6.85. The van der Waals surface area contributed by atoms with Crippen molar-refractivity contribution in [3.05, 3.63) is 48.5 Å². The predicted octanol–water partition coefficient (Wildman–Crippen LogP) is 4.94. The van der Waals surface area contributed by atoms with E-state index in [0.29, 0.717) is 12.4 Å². The fourth-order valence-electron chi connectivity index (χ4n) is 2.57. The molecule has 0 bridgehead atoms. The lowest BCUT2D eigenvalue weighted by molar-refractivity contribution is -0.117. The Labute approximate surface area is 170 Å². The van der Waals surface area contributed by atoms with E-state index in [9.17, 15) is 9.59 Å². The molecule has 1 aliphatic carbocycles. The van der Waals surface area contributed by atoms with Crippen LogP contribution >= 0.6 is 11.8 Å². The second-order valence-corrected chi connectivity index (χ2v) is 7.90. The van der Waals surface area contributed by atoms with Gasteiger partial charge in [0.05, 0.1) is 12.4 Å². The van der Waals surface area contributed by atoms with Gasteiger partial charge in [0.15, 0.2) is 0 Å². The summed E-state index contributed by atoms with van der Waals surface area (Å²) in [7, 11) is 0. The maximum Gasteiger partial charge on any atom is 0.234 e. The highest BCUT2D eigenvalue weighted by atomic mass is 32.2. The molecule has 2 aromatic rings. The van der Waals surface area contributed by atoms with E-state index in [4.69, 9.17) is 4.74 Å². The molecule has 6 heteroatoms. The number of benzene rings is 2. The molecule has 0 saturated heterocycles. The van der Waals surface area contributed by atoms with Crippen LogP contribution in [0, 0.1) is 5.92 Å². The molecule has 0 radical (unpaired) electrons. The Balaban J connectivity index is 1.44. The number of nitrogens with one attached hydrogen (secondary N) is 2. The normalized spacial score (nSPS) is 13.0. The quantitative estimate of drug-likeness (QED) is 0.439. The Bertz CT molecular complexity index is 804. The minimum atomic E-state index is -0.0722. The van der Waals surface area contributed by atoms with Gasteiger partial charge in [0, 0.05) is 22.2 Å². The Kier molecular flexibility index (Phi) is 7.37.